The Morgan fingerprint density at radius 3 is 1.16 bits per heavy atom. The van der Waals surface area contributed by atoms with Gasteiger partial charge in [-0.15, -0.1) is 0 Å². The molecule has 0 amide bonds. The summed E-state index contributed by atoms with van der Waals surface area (Å²) in [6.45, 7) is 3.97. The zero-order valence-electron chi connectivity index (χ0n) is 37.3. The largest absolute Gasteiger partial charge is 0.345 e. The quantitative estimate of drug-likeness (QED) is 0.122. The van der Waals surface area contributed by atoms with Crippen molar-refractivity contribution < 1.29 is 0 Å². The highest BCUT2D eigenvalue weighted by atomic mass is 15.1. The van der Waals surface area contributed by atoms with Crippen LogP contribution in [0.2, 0.25) is 0 Å². The average Bonchev–Trinajstić information content (AvgIpc) is 3.74. The first kappa shape index (κ1) is 40.9. The summed E-state index contributed by atoms with van der Waals surface area (Å²) >= 11 is 0. The lowest BCUT2D eigenvalue weighted by Crippen LogP contribution is -2.10. The van der Waals surface area contributed by atoms with Crippen LogP contribution in [0, 0.1) is 0 Å². The SMILES string of the molecule is C=Cc1ccc(-n2c3ccccc3c3cc(N(c4ccc(-c5ccc(N(C)c6ccccc6)cc5)cc4)c4ccc(-c5ccc(N(c6ccccc6)c6ccccc6)cc5)cc4)ccc32)cc1. The van der Waals surface area contributed by atoms with Crippen LogP contribution in [-0.4, -0.2) is 11.6 Å². The number of para-hydroxylation sites is 4. The lowest BCUT2D eigenvalue weighted by molar-refractivity contribution is 1.18. The minimum atomic E-state index is 1.07. The van der Waals surface area contributed by atoms with Crippen LogP contribution in [0.4, 0.5) is 45.5 Å². The average molecular weight is 861 g/mol. The Morgan fingerprint density at radius 1 is 0.328 bits per heavy atom. The second-order valence-corrected chi connectivity index (χ2v) is 16.8. The number of rotatable bonds is 12. The Labute approximate surface area is 392 Å². The van der Waals surface area contributed by atoms with Gasteiger partial charge in [0.25, 0.3) is 0 Å². The number of nitrogens with zero attached hydrogens (tertiary/aromatic N) is 4. The van der Waals surface area contributed by atoms with Gasteiger partial charge in [0.05, 0.1) is 11.0 Å². The normalized spacial score (nSPS) is 11.1. The highest BCUT2D eigenvalue weighted by molar-refractivity contribution is 6.10. The van der Waals surface area contributed by atoms with E-state index in [0.29, 0.717) is 0 Å². The van der Waals surface area contributed by atoms with Gasteiger partial charge in [-0.1, -0.05) is 146 Å². The van der Waals surface area contributed by atoms with Gasteiger partial charge in [-0.25, -0.2) is 0 Å². The molecule has 0 aliphatic rings. The van der Waals surface area contributed by atoms with E-state index in [0.717, 1.165) is 79.0 Å². The minimum Gasteiger partial charge on any atom is -0.345 e. The predicted octanol–water partition coefficient (Wildman–Crippen LogP) is 17.5. The molecule has 4 nitrogen and oxygen atoms in total. The van der Waals surface area contributed by atoms with Crippen molar-refractivity contribution in [3.05, 3.63) is 267 Å². The molecule has 10 aromatic carbocycles. The highest BCUT2D eigenvalue weighted by Crippen LogP contribution is 2.42. The molecular weight excluding hydrogens is 813 g/mol. The third-order valence-corrected chi connectivity index (χ3v) is 12.8. The Balaban J connectivity index is 0.959. The summed E-state index contributed by atoms with van der Waals surface area (Å²) in [7, 11) is 2.11. The van der Waals surface area contributed by atoms with E-state index in [1.807, 2.05) is 6.08 Å². The van der Waals surface area contributed by atoms with Crippen LogP contribution < -0.4 is 14.7 Å². The molecule has 0 atom stereocenters. The van der Waals surface area contributed by atoms with Gasteiger partial charge in [0.1, 0.15) is 0 Å². The number of hydrogen-bond donors (Lipinski definition) is 0. The monoisotopic (exact) mass is 860 g/mol. The van der Waals surface area contributed by atoms with Crippen molar-refractivity contribution in [1.29, 1.82) is 0 Å². The Morgan fingerprint density at radius 2 is 0.687 bits per heavy atom. The fourth-order valence-corrected chi connectivity index (χ4v) is 9.27. The molecule has 0 bridgehead atoms. The maximum Gasteiger partial charge on any atom is 0.0542 e. The molecule has 0 unspecified atom stereocenters. The van der Waals surface area contributed by atoms with Crippen LogP contribution in [0.25, 0.3) is 55.8 Å². The molecule has 0 radical (unpaired) electrons. The number of aromatic nitrogens is 1. The fraction of sp³-hybridized carbons (Fsp3) is 0.0159. The van der Waals surface area contributed by atoms with E-state index in [2.05, 4.69) is 288 Å². The lowest BCUT2D eigenvalue weighted by atomic mass is 10.0. The Kier molecular flexibility index (Phi) is 11.0. The molecule has 0 spiro atoms. The fourth-order valence-electron chi connectivity index (χ4n) is 9.27. The maximum absolute atomic E-state index is 3.97. The molecule has 0 saturated carbocycles. The van der Waals surface area contributed by atoms with Gasteiger partial charge < -0.3 is 19.3 Å². The van der Waals surface area contributed by atoms with Crippen LogP contribution in [0.3, 0.4) is 0 Å². The van der Waals surface area contributed by atoms with Crippen molar-refractivity contribution >= 4 is 73.4 Å². The topological polar surface area (TPSA) is 14.7 Å². The van der Waals surface area contributed by atoms with Crippen molar-refractivity contribution in [3.63, 3.8) is 0 Å². The molecule has 0 N–H and O–H groups in total. The van der Waals surface area contributed by atoms with Crippen molar-refractivity contribution in [2.75, 3.05) is 21.7 Å². The molecular formula is C63H48N4. The van der Waals surface area contributed by atoms with E-state index in [9.17, 15) is 0 Å². The molecule has 0 saturated heterocycles. The van der Waals surface area contributed by atoms with Crippen LogP contribution in [0.5, 0.6) is 0 Å². The first-order valence-corrected chi connectivity index (χ1v) is 22.8. The summed E-state index contributed by atoms with van der Waals surface area (Å²) in [6, 6.07) is 91.3. The first-order valence-electron chi connectivity index (χ1n) is 22.8. The second kappa shape index (κ2) is 18.0. The zero-order valence-corrected chi connectivity index (χ0v) is 37.3. The van der Waals surface area contributed by atoms with Gasteiger partial charge in [-0.2, -0.15) is 0 Å². The summed E-state index contributed by atoms with van der Waals surface area (Å²) in [6.07, 6.45) is 1.89. The number of hydrogen-bond acceptors (Lipinski definition) is 3. The van der Waals surface area contributed by atoms with E-state index in [1.165, 1.54) is 21.9 Å². The van der Waals surface area contributed by atoms with Crippen LogP contribution in [0.15, 0.2) is 261 Å². The summed E-state index contributed by atoms with van der Waals surface area (Å²) in [4.78, 5) is 6.88. The smallest absolute Gasteiger partial charge is 0.0542 e. The van der Waals surface area contributed by atoms with Crippen LogP contribution in [-0.2, 0) is 0 Å². The standard InChI is InChI=1S/C63H48N4/c1-3-46-23-33-58(34-24-46)67-62-22-14-13-21-60(62)61-45-59(43-44-63(61)67)66(56-39-29-48(30-40-56)47-25-35-52(36-26-47)64(2)51-15-7-4-8-16-51)57-41-31-50(32-42-57)49-27-37-55(38-28-49)65(53-17-9-5-10-18-53)54-19-11-6-12-20-54/h3-45H,1H2,2H3. The summed E-state index contributed by atoms with van der Waals surface area (Å²) in [5, 5.41) is 2.40. The second-order valence-electron chi connectivity index (χ2n) is 16.8. The first-order chi connectivity index (χ1) is 33.1. The van der Waals surface area contributed by atoms with Gasteiger partial charge in [-0.05, 0) is 149 Å². The van der Waals surface area contributed by atoms with Crippen molar-refractivity contribution in [3.8, 4) is 27.9 Å². The molecule has 4 heteroatoms. The number of fused-ring (bicyclic) bond motifs is 3. The van der Waals surface area contributed by atoms with Crippen molar-refractivity contribution in [2.24, 2.45) is 0 Å². The molecule has 11 rings (SSSR count). The van der Waals surface area contributed by atoms with Crippen molar-refractivity contribution in [1.82, 2.24) is 4.57 Å². The van der Waals surface area contributed by atoms with Gasteiger partial charge in [0.15, 0.2) is 0 Å². The molecule has 320 valence electrons. The summed E-state index contributed by atoms with van der Waals surface area (Å²) < 4.78 is 2.36. The van der Waals surface area contributed by atoms with Crippen molar-refractivity contribution in [2.45, 2.75) is 0 Å². The van der Waals surface area contributed by atoms with Crippen LogP contribution in [0.1, 0.15) is 5.56 Å². The number of benzene rings is 10. The molecule has 1 heterocycles. The maximum atomic E-state index is 3.97. The van der Waals surface area contributed by atoms with Gasteiger partial charge in [-0.3, -0.25) is 0 Å². The Bertz CT molecular complexity index is 3400. The van der Waals surface area contributed by atoms with Gasteiger partial charge >= 0.3 is 0 Å². The van der Waals surface area contributed by atoms with E-state index >= 15 is 0 Å². The lowest BCUT2D eigenvalue weighted by Gasteiger charge is -2.26. The summed E-state index contributed by atoms with van der Waals surface area (Å²) in [5.41, 5.74) is 18.1. The summed E-state index contributed by atoms with van der Waals surface area (Å²) in [5.74, 6) is 0. The molecule has 0 aliphatic carbocycles. The molecule has 0 fully saturated rings. The predicted molar refractivity (Wildman–Crippen MR) is 286 cm³/mol. The Hall–Kier alpha value is -8.86. The molecule has 11 aromatic rings. The van der Waals surface area contributed by atoms with Gasteiger partial charge in [0.2, 0.25) is 0 Å². The van der Waals surface area contributed by atoms with E-state index in [4.69, 9.17) is 0 Å². The van der Waals surface area contributed by atoms with Crippen LogP contribution >= 0.6 is 0 Å². The van der Waals surface area contributed by atoms with E-state index in [-0.39, 0.29) is 0 Å². The highest BCUT2D eigenvalue weighted by Gasteiger charge is 2.19. The third-order valence-electron chi connectivity index (χ3n) is 12.8. The van der Waals surface area contributed by atoms with E-state index < -0.39 is 0 Å². The molecule has 0 aliphatic heterocycles. The third kappa shape index (κ3) is 8.02. The van der Waals surface area contributed by atoms with Gasteiger partial charge in [0, 0.05) is 69.0 Å². The number of anilines is 8. The molecule has 67 heavy (non-hydrogen) atoms. The van der Waals surface area contributed by atoms with E-state index in [1.54, 1.807) is 0 Å². The zero-order chi connectivity index (χ0) is 45.1. The molecule has 1 aromatic heterocycles. The minimum absolute atomic E-state index is 1.07.